The second-order valence-electron chi connectivity index (χ2n) is 7.39. The van der Waals surface area contributed by atoms with Crippen LogP contribution in [-0.4, -0.2) is 30.9 Å². The third kappa shape index (κ3) is 6.87. The van der Waals surface area contributed by atoms with E-state index in [1.807, 2.05) is 30.3 Å². The zero-order valence-corrected chi connectivity index (χ0v) is 17.0. The standard InChI is InChI=1S/C22H26FNO5/c1-22(2,3)29-21(26)24-18(16-12-8-9-13-17(16)23)19(20(25)27-4)28-14-15-10-6-5-7-11-15/h5-13,18-19H,14H2,1-4H3,(H,24,26). The Balaban J connectivity index is 2.33. The molecule has 2 atom stereocenters. The molecule has 2 aromatic carbocycles. The van der Waals surface area contributed by atoms with Crippen molar-refractivity contribution in [2.75, 3.05) is 7.11 Å². The molecule has 0 fully saturated rings. The molecule has 1 N–H and O–H groups in total. The van der Waals surface area contributed by atoms with Gasteiger partial charge in [0, 0.05) is 5.56 Å². The molecule has 0 aliphatic rings. The first-order valence-corrected chi connectivity index (χ1v) is 9.18. The lowest BCUT2D eigenvalue weighted by atomic mass is 10.0. The van der Waals surface area contributed by atoms with E-state index in [-0.39, 0.29) is 12.2 Å². The second kappa shape index (κ2) is 10.0. The Hall–Kier alpha value is -2.93. The number of esters is 1. The molecular formula is C22H26FNO5. The van der Waals surface area contributed by atoms with Gasteiger partial charge < -0.3 is 19.5 Å². The maximum absolute atomic E-state index is 14.5. The van der Waals surface area contributed by atoms with Crippen molar-refractivity contribution in [2.45, 2.75) is 45.1 Å². The molecule has 0 aliphatic carbocycles. The van der Waals surface area contributed by atoms with Crippen LogP contribution < -0.4 is 5.32 Å². The summed E-state index contributed by atoms with van der Waals surface area (Å²) in [5.74, 6) is -1.34. The lowest BCUT2D eigenvalue weighted by molar-refractivity contribution is -0.157. The average Bonchev–Trinajstić information content (AvgIpc) is 2.67. The van der Waals surface area contributed by atoms with Crippen molar-refractivity contribution in [2.24, 2.45) is 0 Å². The molecule has 2 rings (SSSR count). The van der Waals surface area contributed by atoms with E-state index in [9.17, 15) is 14.0 Å². The first-order chi connectivity index (χ1) is 13.7. The molecule has 2 unspecified atom stereocenters. The smallest absolute Gasteiger partial charge is 0.408 e. The molecule has 0 spiro atoms. The molecule has 0 bridgehead atoms. The Morgan fingerprint density at radius 2 is 1.66 bits per heavy atom. The third-order valence-corrected chi connectivity index (χ3v) is 3.92. The van der Waals surface area contributed by atoms with Crippen LogP contribution in [0.5, 0.6) is 0 Å². The summed E-state index contributed by atoms with van der Waals surface area (Å²) in [4.78, 5) is 24.8. The number of alkyl carbamates (subject to hydrolysis) is 1. The van der Waals surface area contributed by atoms with E-state index in [4.69, 9.17) is 14.2 Å². The molecule has 0 saturated carbocycles. The number of halogens is 1. The van der Waals surface area contributed by atoms with E-state index in [2.05, 4.69) is 5.32 Å². The fraction of sp³-hybridized carbons (Fsp3) is 0.364. The van der Waals surface area contributed by atoms with Crippen molar-refractivity contribution in [3.63, 3.8) is 0 Å². The van der Waals surface area contributed by atoms with E-state index >= 15 is 0 Å². The van der Waals surface area contributed by atoms with Gasteiger partial charge in [-0.3, -0.25) is 0 Å². The van der Waals surface area contributed by atoms with Crippen LogP contribution in [0.2, 0.25) is 0 Å². The average molecular weight is 403 g/mol. The lowest BCUT2D eigenvalue weighted by Crippen LogP contribution is -2.44. The summed E-state index contributed by atoms with van der Waals surface area (Å²) in [6.45, 7) is 5.18. The molecule has 156 valence electrons. The van der Waals surface area contributed by atoms with Crippen molar-refractivity contribution in [3.05, 3.63) is 71.5 Å². The number of nitrogens with one attached hydrogen (secondary N) is 1. The molecule has 1 amide bonds. The number of amides is 1. The van der Waals surface area contributed by atoms with E-state index in [1.54, 1.807) is 26.8 Å². The summed E-state index contributed by atoms with van der Waals surface area (Å²) in [6, 6.07) is 13.9. The van der Waals surface area contributed by atoms with Gasteiger partial charge in [-0.15, -0.1) is 0 Å². The van der Waals surface area contributed by atoms with E-state index < -0.39 is 35.6 Å². The summed E-state index contributed by atoms with van der Waals surface area (Å²) in [5, 5.41) is 2.56. The highest BCUT2D eigenvalue weighted by atomic mass is 19.1. The molecule has 29 heavy (non-hydrogen) atoms. The Kier molecular flexibility index (Phi) is 7.73. The second-order valence-corrected chi connectivity index (χ2v) is 7.39. The Morgan fingerprint density at radius 1 is 1.03 bits per heavy atom. The first kappa shape index (κ1) is 22.4. The van der Waals surface area contributed by atoms with Gasteiger partial charge in [-0.05, 0) is 32.4 Å². The Morgan fingerprint density at radius 3 is 2.24 bits per heavy atom. The van der Waals surface area contributed by atoms with Gasteiger partial charge in [0.1, 0.15) is 11.4 Å². The van der Waals surface area contributed by atoms with Crippen molar-refractivity contribution < 1.29 is 28.2 Å². The summed E-state index contributed by atoms with van der Waals surface area (Å²) in [6.07, 6.45) is -2.09. The first-order valence-electron chi connectivity index (χ1n) is 9.18. The zero-order valence-electron chi connectivity index (χ0n) is 17.0. The van der Waals surface area contributed by atoms with Crippen molar-refractivity contribution in [3.8, 4) is 0 Å². The van der Waals surface area contributed by atoms with Crippen LogP contribution >= 0.6 is 0 Å². The van der Waals surface area contributed by atoms with Gasteiger partial charge in [-0.1, -0.05) is 48.5 Å². The van der Waals surface area contributed by atoms with E-state index in [0.29, 0.717) is 0 Å². The van der Waals surface area contributed by atoms with Crippen LogP contribution in [0.15, 0.2) is 54.6 Å². The van der Waals surface area contributed by atoms with Gasteiger partial charge >= 0.3 is 12.1 Å². The molecule has 0 heterocycles. The van der Waals surface area contributed by atoms with Gasteiger partial charge in [0.15, 0.2) is 6.10 Å². The number of carbonyl (C=O) groups is 2. The largest absolute Gasteiger partial charge is 0.467 e. The minimum atomic E-state index is -1.29. The quantitative estimate of drug-likeness (QED) is 0.703. The number of carbonyl (C=O) groups excluding carboxylic acids is 2. The van der Waals surface area contributed by atoms with Crippen molar-refractivity contribution >= 4 is 12.1 Å². The highest BCUT2D eigenvalue weighted by Crippen LogP contribution is 2.25. The predicted octanol–water partition coefficient (Wildman–Crippen LogP) is 4.15. The van der Waals surface area contributed by atoms with Gasteiger partial charge in [-0.2, -0.15) is 0 Å². The molecule has 0 aromatic heterocycles. The molecular weight excluding hydrogens is 377 g/mol. The normalized spacial score (nSPS) is 13.3. The fourth-order valence-electron chi connectivity index (χ4n) is 2.66. The number of benzene rings is 2. The fourth-order valence-corrected chi connectivity index (χ4v) is 2.66. The molecule has 0 radical (unpaired) electrons. The Bertz CT molecular complexity index is 819. The maximum atomic E-state index is 14.5. The molecule has 0 saturated heterocycles. The minimum absolute atomic E-state index is 0.0710. The van der Waals surface area contributed by atoms with Gasteiger partial charge in [-0.25, -0.2) is 14.0 Å². The minimum Gasteiger partial charge on any atom is -0.467 e. The Labute approximate surface area is 170 Å². The van der Waals surface area contributed by atoms with Crippen molar-refractivity contribution in [1.29, 1.82) is 0 Å². The lowest BCUT2D eigenvalue weighted by Gasteiger charge is -2.28. The summed E-state index contributed by atoms with van der Waals surface area (Å²) in [5.41, 5.74) is 0.128. The summed E-state index contributed by atoms with van der Waals surface area (Å²) >= 11 is 0. The third-order valence-electron chi connectivity index (χ3n) is 3.92. The molecule has 6 nitrogen and oxygen atoms in total. The number of ether oxygens (including phenoxy) is 3. The number of rotatable bonds is 7. The topological polar surface area (TPSA) is 73.9 Å². The number of hydrogen-bond acceptors (Lipinski definition) is 5. The van der Waals surface area contributed by atoms with Crippen LogP contribution in [0, 0.1) is 5.82 Å². The van der Waals surface area contributed by atoms with Gasteiger partial charge in [0.05, 0.1) is 19.8 Å². The van der Waals surface area contributed by atoms with Crippen LogP contribution in [0.25, 0.3) is 0 Å². The predicted molar refractivity (Wildman–Crippen MR) is 106 cm³/mol. The highest BCUT2D eigenvalue weighted by Gasteiger charge is 2.35. The summed E-state index contributed by atoms with van der Waals surface area (Å²) in [7, 11) is 1.20. The summed E-state index contributed by atoms with van der Waals surface area (Å²) < 4.78 is 30.4. The van der Waals surface area contributed by atoms with Crippen LogP contribution in [-0.2, 0) is 25.6 Å². The zero-order chi connectivity index (χ0) is 21.4. The van der Waals surface area contributed by atoms with Crippen LogP contribution in [0.1, 0.15) is 37.9 Å². The highest BCUT2D eigenvalue weighted by molar-refractivity contribution is 5.77. The monoisotopic (exact) mass is 403 g/mol. The van der Waals surface area contributed by atoms with Crippen molar-refractivity contribution in [1.82, 2.24) is 5.32 Å². The molecule has 2 aromatic rings. The molecule has 7 heteroatoms. The molecule has 0 aliphatic heterocycles. The SMILES string of the molecule is COC(=O)C(OCc1ccccc1)C(NC(=O)OC(C)(C)C)c1ccccc1F. The van der Waals surface area contributed by atoms with Gasteiger partial charge in [0.25, 0.3) is 0 Å². The van der Waals surface area contributed by atoms with Gasteiger partial charge in [0.2, 0.25) is 0 Å². The van der Waals surface area contributed by atoms with E-state index in [0.717, 1.165) is 5.56 Å². The van der Waals surface area contributed by atoms with Crippen LogP contribution in [0.3, 0.4) is 0 Å². The number of hydrogen-bond donors (Lipinski definition) is 1. The van der Waals surface area contributed by atoms with Crippen LogP contribution in [0.4, 0.5) is 9.18 Å². The maximum Gasteiger partial charge on any atom is 0.408 e. The number of methoxy groups -OCH3 is 1. The van der Waals surface area contributed by atoms with E-state index in [1.165, 1.54) is 25.3 Å².